The van der Waals surface area contributed by atoms with Crippen LogP contribution >= 0.6 is 0 Å². The summed E-state index contributed by atoms with van der Waals surface area (Å²) in [6.45, 7) is 1.55. The maximum Gasteiger partial charge on any atom is 0.291 e. The molecule has 29 heavy (non-hydrogen) atoms. The Morgan fingerprint density at radius 1 is 1.00 bits per heavy atom. The fraction of sp³-hybridized carbons (Fsp3) is 0.727. The van der Waals surface area contributed by atoms with Crippen molar-refractivity contribution in [1.29, 1.82) is 0 Å². The van der Waals surface area contributed by atoms with Crippen molar-refractivity contribution in [3.05, 3.63) is 34.9 Å². The lowest BCUT2D eigenvalue weighted by Crippen LogP contribution is -2.69. The van der Waals surface area contributed by atoms with Crippen LogP contribution in [0.5, 0.6) is 0 Å². The summed E-state index contributed by atoms with van der Waals surface area (Å²) in [5, 5.41) is 9.60. The number of aryl methyl sites for hydroxylation is 1. The zero-order valence-electron chi connectivity index (χ0n) is 16.5. The zero-order valence-corrected chi connectivity index (χ0v) is 16.5. The predicted octanol–water partition coefficient (Wildman–Crippen LogP) is 5.38. The van der Waals surface area contributed by atoms with E-state index in [4.69, 9.17) is 4.74 Å². The predicted molar refractivity (Wildman–Crippen MR) is 97.7 cm³/mol. The Morgan fingerprint density at radius 2 is 1.62 bits per heavy atom. The van der Waals surface area contributed by atoms with Gasteiger partial charge in [0, 0.05) is 5.56 Å². The number of benzene rings is 1. The number of aliphatic hydroxyl groups is 1. The van der Waals surface area contributed by atoms with Crippen LogP contribution in [0.1, 0.15) is 62.5 Å². The van der Waals surface area contributed by atoms with Gasteiger partial charge in [-0.15, -0.1) is 0 Å². The Hall–Kier alpha value is -1.21. The van der Waals surface area contributed by atoms with Crippen molar-refractivity contribution in [2.75, 3.05) is 6.61 Å². The Bertz CT molecular complexity index is 765. The lowest BCUT2D eigenvalue weighted by atomic mass is 9.53. The average Bonchev–Trinajstić information content (AvgIpc) is 2.71. The van der Waals surface area contributed by atoms with Crippen molar-refractivity contribution < 1.29 is 31.8 Å². The molecule has 162 valence electrons. The van der Waals surface area contributed by atoms with Crippen LogP contribution < -0.4 is 0 Å². The molecule has 1 N–H and O–H groups in total. The standard InChI is InChI=1S/C22H27F5O2/c1-13-2-7-16(18(24)17(13)23)20-8-10-21(11-9-20,19(25)22(20,26)27)29-12-14-3-5-15(28)6-4-14/h2,7,14-15,19,28H,3-6,8-12H2,1H3. The number of hydrogen-bond acceptors (Lipinski definition) is 2. The maximum absolute atomic E-state index is 15.3. The zero-order chi connectivity index (χ0) is 21.0. The first-order valence-corrected chi connectivity index (χ1v) is 10.4. The Labute approximate surface area is 167 Å². The van der Waals surface area contributed by atoms with Gasteiger partial charge in [0.15, 0.2) is 17.8 Å². The molecule has 0 aromatic heterocycles. The minimum absolute atomic E-state index is 0.0321. The van der Waals surface area contributed by atoms with Crippen LogP contribution in [-0.2, 0) is 10.2 Å². The van der Waals surface area contributed by atoms with Crippen molar-refractivity contribution in [1.82, 2.24) is 0 Å². The van der Waals surface area contributed by atoms with Gasteiger partial charge in [0.1, 0.15) is 5.60 Å². The molecular formula is C22H27F5O2. The van der Waals surface area contributed by atoms with Crippen molar-refractivity contribution >= 4 is 0 Å². The van der Waals surface area contributed by atoms with E-state index in [1.807, 2.05) is 0 Å². The second-order valence-corrected chi connectivity index (χ2v) is 9.18. The first-order chi connectivity index (χ1) is 13.6. The lowest BCUT2D eigenvalue weighted by molar-refractivity contribution is -0.279. The van der Waals surface area contributed by atoms with E-state index in [0.717, 1.165) is 12.8 Å². The van der Waals surface area contributed by atoms with Crippen LogP contribution in [0.15, 0.2) is 12.1 Å². The average molecular weight is 418 g/mol. The molecule has 2 nitrogen and oxygen atoms in total. The molecule has 0 aliphatic heterocycles. The molecule has 5 rings (SSSR count). The molecule has 0 saturated heterocycles. The Kier molecular flexibility index (Phi) is 5.21. The first-order valence-electron chi connectivity index (χ1n) is 10.4. The normalized spacial score (nSPS) is 38.9. The van der Waals surface area contributed by atoms with Crippen LogP contribution in [0.3, 0.4) is 0 Å². The van der Waals surface area contributed by atoms with Gasteiger partial charge in [-0.25, -0.2) is 22.0 Å². The van der Waals surface area contributed by atoms with E-state index < -0.39 is 40.3 Å². The van der Waals surface area contributed by atoms with Crippen LogP contribution in [-0.4, -0.2) is 35.5 Å². The maximum atomic E-state index is 15.3. The van der Waals surface area contributed by atoms with E-state index in [2.05, 4.69) is 0 Å². The smallest absolute Gasteiger partial charge is 0.291 e. The third-order valence-corrected chi connectivity index (χ3v) is 7.58. The second-order valence-electron chi connectivity index (χ2n) is 9.18. The quantitative estimate of drug-likeness (QED) is 0.666. The summed E-state index contributed by atoms with van der Waals surface area (Å²) in [6.07, 6.45) is -0.387. The van der Waals surface area contributed by atoms with Gasteiger partial charge in [-0.2, -0.15) is 0 Å². The largest absolute Gasteiger partial charge is 0.393 e. The van der Waals surface area contributed by atoms with E-state index >= 15 is 13.2 Å². The van der Waals surface area contributed by atoms with Crippen molar-refractivity contribution in [3.63, 3.8) is 0 Å². The minimum Gasteiger partial charge on any atom is -0.393 e. The summed E-state index contributed by atoms with van der Waals surface area (Å²) in [5.74, 6) is -6.19. The van der Waals surface area contributed by atoms with Gasteiger partial charge in [-0.3, -0.25) is 0 Å². The van der Waals surface area contributed by atoms with Gasteiger partial charge in [-0.05, 0) is 69.8 Å². The molecule has 2 bridgehead atoms. The number of aliphatic hydroxyl groups excluding tert-OH is 1. The monoisotopic (exact) mass is 418 g/mol. The van der Waals surface area contributed by atoms with Gasteiger partial charge in [0.2, 0.25) is 0 Å². The molecule has 4 fully saturated rings. The molecule has 0 radical (unpaired) electrons. The summed E-state index contributed by atoms with van der Waals surface area (Å²) in [5.41, 5.74) is -4.03. The highest BCUT2D eigenvalue weighted by Gasteiger charge is 2.73. The second kappa shape index (κ2) is 7.19. The summed E-state index contributed by atoms with van der Waals surface area (Å²) < 4.78 is 80.4. The molecule has 1 atom stereocenters. The lowest BCUT2D eigenvalue weighted by Gasteiger charge is -2.59. The third kappa shape index (κ3) is 3.11. The highest BCUT2D eigenvalue weighted by molar-refractivity contribution is 5.38. The van der Waals surface area contributed by atoms with Gasteiger partial charge < -0.3 is 9.84 Å². The molecule has 1 aromatic carbocycles. The van der Waals surface area contributed by atoms with Crippen LogP contribution in [0.4, 0.5) is 22.0 Å². The highest BCUT2D eigenvalue weighted by atomic mass is 19.3. The van der Waals surface area contributed by atoms with Gasteiger partial charge in [0.05, 0.1) is 18.1 Å². The molecule has 0 spiro atoms. The van der Waals surface area contributed by atoms with E-state index in [0.29, 0.717) is 12.8 Å². The number of fused-ring (bicyclic) bond motifs is 3. The number of halogens is 5. The molecular weight excluding hydrogens is 391 g/mol. The first kappa shape index (κ1) is 21.0. The fourth-order valence-electron chi connectivity index (χ4n) is 5.54. The van der Waals surface area contributed by atoms with Crippen molar-refractivity contribution in [2.45, 2.75) is 87.5 Å². The SMILES string of the molecule is Cc1ccc(C23CCC(OCC4CCC(O)CC4)(CC2)C(F)C3(F)F)c(F)c1F. The van der Waals surface area contributed by atoms with Crippen LogP contribution in [0.25, 0.3) is 0 Å². The van der Waals surface area contributed by atoms with E-state index in [9.17, 15) is 13.9 Å². The van der Waals surface area contributed by atoms with Gasteiger partial charge >= 0.3 is 0 Å². The van der Waals surface area contributed by atoms with Gasteiger partial charge in [-0.1, -0.05) is 12.1 Å². The topological polar surface area (TPSA) is 29.5 Å². The van der Waals surface area contributed by atoms with Crippen LogP contribution in [0, 0.1) is 24.5 Å². The molecule has 4 aliphatic carbocycles. The van der Waals surface area contributed by atoms with Crippen LogP contribution in [0.2, 0.25) is 0 Å². The molecule has 1 aromatic rings. The minimum atomic E-state index is -3.85. The molecule has 4 saturated carbocycles. The number of hydrogen-bond donors (Lipinski definition) is 1. The number of ether oxygens (including phenoxy) is 1. The summed E-state index contributed by atoms with van der Waals surface area (Å²) in [7, 11) is 0. The van der Waals surface area contributed by atoms with E-state index in [1.165, 1.54) is 19.1 Å². The Balaban J connectivity index is 1.58. The number of alkyl halides is 3. The van der Waals surface area contributed by atoms with Crippen molar-refractivity contribution in [2.24, 2.45) is 5.92 Å². The van der Waals surface area contributed by atoms with Crippen molar-refractivity contribution in [3.8, 4) is 0 Å². The summed E-state index contributed by atoms with van der Waals surface area (Å²) >= 11 is 0. The summed E-state index contributed by atoms with van der Waals surface area (Å²) in [4.78, 5) is 0. The molecule has 7 heteroatoms. The molecule has 0 heterocycles. The fourth-order valence-corrected chi connectivity index (χ4v) is 5.54. The Morgan fingerprint density at radius 3 is 2.24 bits per heavy atom. The van der Waals surface area contributed by atoms with E-state index in [-0.39, 0.29) is 49.9 Å². The summed E-state index contributed by atoms with van der Waals surface area (Å²) in [6, 6.07) is 2.46. The van der Waals surface area contributed by atoms with E-state index in [1.54, 1.807) is 0 Å². The number of rotatable bonds is 4. The third-order valence-electron chi connectivity index (χ3n) is 7.58. The van der Waals surface area contributed by atoms with Gasteiger partial charge in [0.25, 0.3) is 5.92 Å². The molecule has 4 aliphatic rings. The molecule has 0 amide bonds. The molecule has 1 unspecified atom stereocenters. The highest BCUT2D eigenvalue weighted by Crippen LogP contribution is 2.63.